The lowest BCUT2D eigenvalue weighted by Gasteiger charge is -2.06. The molecule has 0 aromatic heterocycles. The molecule has 7 heteroatoms. The monoisotopic (exact) mass is 246 g/mol. The summed E-state index contributed by atoms with van der Waals surface area (Å²) in [7, 11) is 2.72. The Labute approximate surface area is 99.9 Å². The number of nitro groups is 1. The van der Waals surface area contributed by atoms with Gasteiger partial charge in [-0.3, -0.25) is 14.9 Å². The summed E-state index contributed by atoms with van der Waals surface area (Å²) in [6, 6.07) is 0. The number of carbonyl (C=O) groups is 1. The number of methoxy groups -OCH3 is 2. The summed E-state index contributed by atoms with van der Waals surface area (Å²) in [5.74, 6) is -0.0910. The van der Waals surface area contributed by atoms with Crippen LogP contribution < -0.4 is 5.32 Å². The van der Waals surface area contributed by atoms with Crippen molar-refractivity contribution in [1.29, 1.82) is 0 Å². The summed E-state index contributed by atoms with van der Waals surface area (Å²) < 4.78 is 9.25. The highest BCUT2D eigenvalue weighted by Gasteiger charge is 2.02. The summed E-state index contributed by atoms with van der Waals surface area (Å²) in [5.41, 5.74) is 0. The number of hydrogen-bond donors (Lipinski definition) is 1. The molecule has 0 unspecified atom stereocenters. The van der Waals surface area contributed by atoms with E-state index in [1.807, 2.05) is 0 Å². The van der Waals surface area contributed by atoms with Gasteiger partial charge in [0, 0.05) is 13.0 Å². The molecule has 17 heavy (non-hydrogen) atoms. The van der Waals surface area contributed by atoms with Crippen molar-refractivity contribution in [1.82, 2.24) is 5.32 Å². The maximum absolute atomic E-state index is 10.8. The molecule has 0 radical (unpaired) electrons. The van der Waals surface area contributed by atoms with Gasteiger partial charge >= 0.3 is 5.97 Å². The average molecular weight is 246 g/mol. The molecule has 0 saturated heterocycles. The van der Waals surface area contributed by atoms with Crippen LogP contribution in [0.4, 0.5) is 0 Å². The zero-order valence-electron chi connectivity index (χ0n) is 10.1. The number of carbonyl (C=O) groups excluding carboxylic acids is 1. The maximum atomic E-state index is 10.8. The minimum absolute atomic E-state index is 0.128. The van der Waals surface area contributed by atoms with Gasteiger partial charge in [-0.15, -0.1) is 0 Å². The van der Waals surface area contributed by atoms with Crippen LogP contribution in [-0.2, 0) is 14.3 Å². The van der Waals surface area contributed by atoms with E-state index in [-0.39, 0.29) is 11.9 Å². The maximum Gasteiger partial charge on any atom is 0.305 e. The zero-order chi connectivity index (χ0) is 13.1. The van der Waals surface area contributed by atoms with Gasteiger partial charge in [-0.25, -0.2) is 0 Å². The number of ether oxygens (including phenoxy) is 2. The first-order chi connectivity index (χ1) is 8.10. The Balaban J connectivity index is 3.56. The lowest BCUT2D eigenvalue weighted by atomic mass is 10.2. The molecule has 1 N–H and O–H groups in total. The van der Waals surface area contributed by atoms with Crippen LogP contribution in [0.1, 0.15) is 25.7 Å². The van der Waals surface area contributed by atoms with Crippen LogP contribution in [0.3, 0.4) is 0 Å². The van der Waals surface area contributed by atoms with Gasteiger partial charge in [-0.1, -0.05) is 6.42 Å². The summed E-state index contributed by atoms with van der Waals surface area (Å²) in [5, 5.41) is 13.0. The molecule has 0 bridgehead atoms. The molecule has 0 aliphatic carbocycles. The van der Waals surface area contributed by atoms with Gasteiger partial charge in [0.25, 0.3) is 12.1 Å². The summed E-state index contributed by atoms with van der Waals surface area (Å²) in [4.78, 5) is 20.4. The van der Waals surface area contributed by atoms with E-state index in [1.165, 1.54) is 14.2 Å². The standard InChI is InChI=1S/C10H18N2O5/c1-16-9(8-12(14)15)11-7-5-3-4-6-10(13)17-2/h8,11H,3-7H2,1-2H3/b9-8-. The van der Waals surface area contributed by atoms with Crippen LogP contribution in [0.25, 0.3) is 0 Å². The van der Waals surface area contributed by atoms with E-state index in [0.29, 0.717) is 13.0 Å². The highest BCUT2D eigenvalue weighted by Crippen LogP contribution is 2.01. The quantitative estimate of drug-likeness (QED) is 0.215. The molecule has 0 atom stereocenters. The molecular formula is C10H18N2O5. The van der Waals surface area contributed by atoms with Crippen molar-refractivity contribution in [2.45, 2.75) is 25.7 Å². The zero-order valence-corrected chi connectivity index (χ0v) is 10.1. The van der Waals surface area contributed by atoms with Crippen LogP contribution in [0.15, 0.2) is 12.1 Å². The van der Waals surface area contributed by atoms with E-state index in [4.69, 9.17) is 4.74 Å². The van der Waals surface area contributed by atoms with E-state index in [9.17, 15) is 14.9 Å². The van der Waals surface area contributed by atoms with Crippen molar-refractivity contribution in [3.8, 4) is 0 Å². The van der Waals surface area contributed by atoms with Gasteiger partial charge < -0.3 is 14.8 Å². The van der Waals surface area contributed by atoms with Crippen molar-refractivity contribution in [3.63, 3.8) is 0 Å². The van der Waals surface area contributed by atoms with Gasteiger partial charge in [0.05, 0.1) is 19.1 Å². The van der Waals surface area contributed by atoms with Crippen molar-refractivity contribution in [2.24, 2.45) is 0 Å². The SMILES string of the molecule is COC(=O)CCCCCN/C(=C/[N+](=O)[O-])OC. The summed E-state index contributed by atoms with van der Waals surface area (Å²) >= 11 is 0. The number of hydrogen-bond acceptors (Lipinski definition) is 6. The average Bonchev–Trinajstić information content (AvgIpc) is 2.30. The van der Waals surface area contributed by atoms with Crippen molar-refractivity contribution in [2.75, 3.05) is 20.8 Å². The fraction of sp³-hybridized carbons (Fsp3) is 0.700. The molecule has 0 aliphatic heterocycles. The number of nitrogens with zero attached hydrogens (tertiary/aromatic N) is 1. The minimum Gasteiger partial charge on any atom is -0.478 e. The third kappa shape index (κ3) is 9.16. The summed E-state index contributed by atoms with van der Waals surface area (Å²) in [6.07, 6.45) is 3.56. The van der Waals surface area contributed by atoms with Crippen LogP contribution in [0.5, 0.6) is 0 Å². The second kappa shape index (κ2) is 9.44. The third-order valence-corrected chi connectivity index (χ3v) is 2.03. The Bertz CT molecular complexity index is 278. The molecule has 0 aromatic rings. The Morgan fingerprint density at radius 3 is 2.53 bits per heavy atom. The van der Waals surface area contributed by atoms with E-state index >= 15 is 0 Å². The Morgan fingerprint density at radius 2 is 2.00 bits per heavy atom. The molecule has 0 rings (SSSR count). The highest BCUT2D eigenvalue weighted by atomic mass is 16.6. The van der Waals surface area contributed by atoms with Gasteiger partial charge in [-0.05, 0) is 12.8 Å². The Morgan fingerprint density at radius 1 is 1.29 bits per heavy atom. The first-order valence-electron chi connectivity index (χ1n) is 5.30. The van der Waals surface area contributed by atoms with E-state index < -0.39 is 4.92 Å². The Kier molecular flexibility index (Phi) is 8.44. The first kappa shape index (κ1) is 15.2. The predicted octanol–water partition coefficient (Wildman–Crippen LogP) is 1.03. The minimum atomic E-state index is -0.580. The fourth-order valence-corrected chi connectivity index (χ4v) is 1.15. The molecule has 0 aliphatic rings. The topological polar surface area (TPSA) is 90.7 Å². The van der Waals surface area contributed by atoms with Crippen molar-refractivity contribution < 1.29 is 19.2 Å². The highest BCUT2D eigenvalue weighted by molar-refractivity contribution is 5.68. The van der Waals surface area contributed by atoms with Crippen LogP contribution in [0, 0.1) is 10.1 Å². The predicted molar refractivity (Wildman–Crippen MR) is 60.6 cm³/mol. The number of nitrogens with one attached hydrogen (secondary N) is 1. The molecule has 0 fully saturated rings. The van der Waals surface area contributed by atoms with Gasteiger partial charge in [-0.2, -0.15) is 0 Å². The van der Waals surface area contributed by atoms with Crippen molar-refractivity contribution in [3.05, 3.63) is 22.2 Å². The van der Waals surface area contributed by atoms with Gasteiger partial charge in [0.2, 0.25) is 0 Å². The van der Waals surface area contributed by atoms with E-state index in [1.54, 1.807) is 0 Å². The van der Waals surface area contributed by atoms with Gasteiger partial charge in [0.1, 0.15) is 0 Å². The van der Waals surface area contributed by atoms with Crippen LogP contribution in [0.2, 0.25) is 0 Å². The van der Waals surface area contributed by atoms with Gasteiger partial charge in [0.15, 0.2) is 0 Å². The second-order valence-corrected chi connectivity index (χ2v) is 3.30. The molecule has 0 saturated carbocycles. The van der Waals surface area contributed by atoms with E-state index in [0.717, 1.165) is 25.5 Å². The van der Waals surface area contributed by atoms with Crippen LogP contribution in [-0.4, -0.2) is 31.7 Å². The number of esters is 1. The molecule has 0 spiro atoms. The molecular weight excluding hydrogens is 228 g/mol. The molecule has 0 aromatic carbocycles. The second-order valence-electron chi connectivity index (χ2n) is 3.30. The smallest absolute Gasteiger partial charge is 0.305 e. The first-order valence-corrected chi connectivity index (χ1v) is 5.30. The van der Waals surface area contributed by atoms with Crippen molar-refractivity contribution >= 4 is 5.97 Å². The van der Waals surface area contributed by atoms with Crippen LogP contribution >= 0.6 is 0 Å². The summed E-state index contributed by atoms with van der Waals surface area (Å²) in [6.45, 7) is 0.564. The molecule has 7 nitrogen and oxygen atoms in total. The lowest BCUT2D eigenvalue weighted by Crippen LogP contribution is -2.17. The third-order valence-electron chi connectivity index (χ3n) is 2.03. The lowest BCUT2D eigenvalue weighted by molar-refractivity contribution is -0.405. The molecule has 0 amide bonds. The number of rotatable bonds is 9. The largest absolute Gasteiger partial charge is 0.478 e. The Hall–Kier alpha value is -1.79. The number of unbranched alkanes of at least 4 members (excludes halogenated alkanes) is 2. The molecule has 0 heterocycles. The fourth-order valence-electron chi connectivity index (χ4n) is 1.15. The van der Waals surface area contributed by atoms with E-state index in [2.05, 4.69) is 10.1 Å². The normalized spacial score (nSPS) is 10.8. The molecule has 98 valence electrons.